The van der Waals surface area contributed by atoms with Gasteiger partial charge in [0.05, 0.1) is 18.3 Å². The third-order valence-corrected chi connectivity index (χ3v) is 2.28. The first-order chi connectivity index (χ1) is 8.73. The van der Waals surface area contributed by atoms with Crippen LogP contribution in [0, 0.1) is 0 Å². The van der Waals surface area contributed by atoms with Crippen molar-refractivity contribution < 1.29 is 19.7 Å². The van der Waals surface area contributed by atoms with Gasteiger partial charge in [0.1, 0.15) is 11.4 Å². The zero-order chi connectivity index (χ0) is 14.6. The number of phenols is 1. The van der Waals surface area contributed by atoms with Crippen LogP contribution in [0.4, 0.5) is 10.5 Å². The molecule has 0 bridgehead atoms. The van der Waals surface area contributed by atoms with E-state index in [1.165, 1.54) is 12.1 Å². The van der Waals surface area contributed by atoms with Crippen LogP contribution in [0.3, 0.4) is 0 Å². The minimum atomic E-state index is -0.669. The number of nitrogens with one attached hydrogen (secondary N) is 1. The summed E-state index contributed by atoms with van der Waals surface area (Å²) in [5, 5.41) is 21.1. The molecule has 0 aliphatic carbocycles. The Morgan fingerprint density at radius 3 is 2.63 bits per heavy atom. The van der Waals surface area contributed by atoms with Crippen LogP contribution < -0.4 is 11.1 Å². The number of carbonyl (C=O) groups is 1. The van der Waals surface area contributed by atoms with E-state index in [0.717, 1.165) is 0 Å². The van der Waals surface area contributed by atoms with E-state index >= 15 is 0 Å². The topological polar surface area (TPSA) is 105 Å². The molecule has 0 aromatic heterocycles. The summed E-state index contributed by atoms with van der Waals surface area (Å²) in [5.41, 5.74) is 5.84. The second-order valence-electron chi connectivity index (χ2n) is 5.19. The predicted octanol–water partition coefficient (Wildman–Crippen LogP) is 1.73. The molecule has 0 heterocycles. The van der Waals surface area contributed by atoms with Gasteiger partial charge in [-0.15, -0.1) is 0 Å². The lowest BCUT2D eigenvalue weighted by Crippen LogP contribution is -2.27. The zero-order valence-corrected chi connectivity index (χ0v) is 11.3. The molecule has 1 atom stereocenters. The summed E-state index contributed by atoms with van der Waals surface area (Å²) in [6.07, 6.45) is -0.669. The number of aliphatic hydroxyl groups excluding tert-OH is 1. The summed E-state index contributed by atoms with van der Waals surface area (Å²) in [5.74, 6) is -0.0975. The molecule has 0 saturated carbocycles. The number of hydrogen-bond donors (Lipinski definition) is 4. The van der Waals surface area contributed by atoms with Crippen LogP contribution in [0.2, 0.25) is 0 Å². The van der Waals surface area contributed by atoms with Gasteiger partial charge in [-0.2, -0.15) is 0 Å². The van der Waals surface area contributed by atoms with Gasteiger partial charge in [-0.1, -0.05) is 6.07 Å². The predicted molar refractivity (Wildman–Crippen MR) is 72.0 cm³/mol. The van der Waals surface area contributed by atoms with E-state index in [1.807, 2.05) is 0 Å². The molecule has 19 heavy (non-hydrogen) atoms. The van der Waals surface area contributed by atoms with Crippen molar-refractivity contribution in [2.45, 2.75) is 32.4 Å². The van der Waals surface area contributed by atoms with Crippen LogP contribution in [0.15, 0.2) is 18.2 Å². The monoisotopic (exact) mass is 268 g/mol. The van der Waals surface area contributed by atoms with Gasteiger partial charge in [-0.05, 0) is 38.5 Å². The minimum Gasteiger partial charge on any atom is -0.506 e. The van der Waals surface area contributed by atoms with Crippen molar-refractivity contribution in [2.75, 3.05) is 11.9 Å². The summed E-state index contributed by atoms with van der Waals surface area (Å²) in [6, 6.07) is 3.91. The Morgan fingerprint density at radius 1 is 1.47 bits per heavy atom. The molecule has 1 amide bonds. The molecule has 1 aromatic rings. The quantitative estimate of drug-likeness (QED) is 0.625. The lowest BCUT2D eigenvalue weighted by Gasteiger charge is -2.20. The molecule has 0 fully saturated rings. The molecule has 0 spiro atoms. The fourth-order valence-electron chi connectivity index (χ4n) is 1.40. The molecule has 1 aromatic carbocycles. The van der Waals surface area contributed by atoms with Gasteiger partial charge in [-0.3, -0.25) is 5.32 Å². The molecule has 6 nitrogen and oxygen atoms in total. The Morgan fingerprint density at radius 2 is 2.11 bits per heavy atom. The van der Waals surface area contributed by atoms with Crippen molar-refractivity contribution in [3.05, 3.63) is 23.8 Å². The van der Waals surface area contributed by atoms with Gasteiger partial charge < -0.3 is 20.7 Å². The molecule has 106 valence electrons. The molecule has 1 rings (SSSR count). The highest BCUT2D eigenvalue weighted by atomic mass is 16.6. The summed E-state index contributed by atoms with van der Waals surface area (Å²) in [4.78, 5) is 11.6. The average molecular weight is 268 g/mol. The Kier molecular flexibility index (Phi) is 4.74. The fourth-order valence-corrected chi connectivity index (χ4v) is 1.40. The van der Waals surface area contributed by atoms with Gasteiger partial charge in [0.2, 0.25) is 0 Å². The average Bonchev–Trinajstić information content (AvgIpc) is 2.28. The van der Waals surface area contributed by atoms with Crippen molar-refractivity contribution in [3.8, 4) is 5.75 Å². The molecule has 0 radical (unpaired) electrons. The fraction of sp³-hybridized carbons (Fsp3) is 0.462. The molecule has 0 aliphatic rings. The molecular formula is C13H20N2O4. The number of aliphatic hydroxyl groups is 1. The van der Waals surface area contributed by atoms with Gasteiger partial charge in [-0.25, -0.2) is 4.79 Å². The second kappa shape index (κ2) is 5.90. The van der Waals surface area contributed by atoms with Crippen LogP contribution in [-0.4, -0.2) is 28.5 Å². The number of hydrogen-bond acceptors (Lipinski definition) is 5. The van der Waals surface area contributed by atoms with Gasteiger partial charge in [0.25, 0.3) is 0 Å². The van der Waals surface area contributed by atoms with Crippen molar-refractivity contribution in [2.24, 2.45) is 5.73 Å². The number of aromatic hydroxyl groups is 1. The third kappa shape index (κ3) is 4.76. The zero-order valence-electron chi connectivity index (χ0n) is 11.3. The summed E-state index contributed by atoms with van der Waals surface area (Å²) in [6.45, 7) is 5.00. The Labute approximate surface area is 112 Å². The molecule has 5 N–H and O–H groups in total. The van der Waals surface area contributed by atoms with Crippen LogP contribution in [-0.2, 0) is 4.74 Å². The second-order valence-corrected chi connectivity index (χ2v) is 5.19. The van der Waals surface area contributed by atoms with Crippen molar-refractivity contribution in [1.82, 2.24) is 0 Å². The van der Waals surface area contributed by atoms with E-state index in [9.17, 15) is 9.90 Å². The lowest BCUT2D eigenvalue weighted by atomic mass is 10.1. The van der Waals surface area contributed by atoms with E-state index in [-0.39, 0.29) is 18.0 Å². The lowest BCUT2D eigenvalue weighted by molar-refractivity contribution is 0.0635. The summed E-state index contributed by atoms with van der Waals surface area (Å²) < 4.78 is 5.08. The Balaban J connectivity index is 2.85. The maximum Gasteiger partial charge on any atom is 0.412 e. The first-order valence-corrected chi connectivity index (χ1v) is 5.92. The molecule has 0 saturated heterocycles. The standard InChI is InChI=1S/C13H20N2O4/c1-13(2,3)19-12(18)15-10-6-8(9(14)7-16)4-5-11(10)17/h4-6,9,16-17H,7,14H2,1-3H3,(H,15,18)/t9-/m1/s1. The van der Waals surface area contributed by atoms with E-state index in [4.69, 9.17) is 15.6 Å². The highest BCUT2D eigenvalue weighted by Gasteiger charge is 2.17. The summed E-state index contributed by atoms with van der Waals surface area (Å²) in [7, 11) is 0. The minimum absolute atomic E-state index is 0.0975. The molecule has 0 aliphatic heterocycles. The number of phenolic OH excluding ortho intramolecular Hbond substituents is 1. The molecular weight excluding hydrogens is 248 g/mol. The SMILES string of the molecule is CC(C)(C)OC(=O)Nc1cc([C@H](N)CO)ccc1O. The smallest absolute Gasteiger partial charge is 0.412 e. The first-order valence-electron chi connectivity index (χ1n) is 5.92. The third-order valence-electron chi connectivity index (χ3n) is 2.28. The van der Waals surface area contributed by atoms with Gasteiger partial charge >= 0.3 is 6.09 Å². The number of rotatable bonds is 3. The Bertz CT molecular complexity index is 454. The van der Waals surface area contributed by atoms with E-state index in [0.29, 0.717) is 5.56 Å². The van der Waals surface area contributed by atoms with Crippen molar-refractivity contribution in [1.29, 1.82) is 0 Å². The number of nitrogens with two attached hydrogens (primary N) is 1. The van der Waals surface area contributed by atoms with E-state index in [1.54, 1.807) is 26.8 Å². The van der Waals surface area contributed by atoms with E-state index in [2.05, 4.69) is 5.32 Å². The Hall–Kier alpha value is -1.79. The number of benzene rings is 1. The van der Waals surface area contributed by atoms with Gasteiger partial charge in [0.15, 0.2) is 0 Å². The van der Waals surface area contributed by atoms with Crippen LogP contribution in [0.5, 0.6) is 5.75 Å². The van der Waals surface area contributed by atoms with Crippen molar-refractivity contribution in [3.63, 3.8) is 0 Å². The summed E-state index contributed by atoms with van der Waals surface area (Å²) >= 11 is 0. The number of anilines is 1. The van der Waals surface area contributed by atoms with Gasteiger partial charge in [0, 0.05) is 0 Å². The number of amides is 1. The first kappa shape index (κ1) is 15.3. The highest BCUT2D eigenvalue weighted by molar-refractivity contribution is 5.87. The normalized spacial score (nSPS) is 12.9. The maximum absolute atomic E-state index is 11.6. The highest BCUT2D eigenvalue weighted by Crippen LogP contribution is 2.27. The van der Waals surface area contributed by atoms with E-state index < -0.39 is 17.7 Å². The number of ether oxygens (including phenoxy) is 1. The largest absolute Gasteiger partial charge is 0.506 e. The van der Waals surface area contributed by atoms with Crippen LogP contribution >= 0.6 is 0 Å². The molecule has 0 unspecified atom stereocenters. The number of carbonyl (C=O) groups excluding carboxylic acids is 1. The van der Waals surface area contributed by atoms with Crippen molar-refractivity contribution >= 4 is 11.8 Å². The maximum atomic E-state index is 11.6. The van der Waals surface area contributed by atoms with Crippen LogP contribution in [0.1, 0.15) is 32.4 Å². The molecule has 6 heteroatoms. The van der Waals surface area contributed by atoms with Crippen LogP contribution in [0.25, 0.3) is 0 Å².